The van der Waals surface area contributed by atoms with E-state index >= 15 is 0 Å². The monoisotopic (exact) mass is 343 g/mol. The molecule has 1 aliphatic rings. The molecule has 0 radical (unpaired) electrons. The van der Waals surface area contributed by atoms with Crippen LogP contribution in [0.4, 0.5) is 0 Å². The first-order valence-corrected chi connectivity index (χ1v) is 8.35. The molecule has 0 heterocycles. The van der Waals surface area contributed by atoms with Crippen molar-refractivity contribution in [3.05, 3.63) is 33.8 Å². The molecular weight excluding hydrogens is 321 g/mol. The summed E-state index contributed by atoms with van der Waals surface area (Å²) in [6, 6.07) is 5.45. The van der Waals surface area contributed by atoms with Gasteiger partial charge in [-0.1, -0.05) is 37.0 Å². The van der Waals surface area contributed by atoms with Crippen LogP contribution in [0.3, 0.4) is 0 Å². The molecule has 1 fully saturated rings. The molecule has 0 aliphatic heterocycles. The summed E-state index contributed by atoms with van der Waals surface area (Å²) in [5.41, 5.74) is 0.911. The summed E-state index contributed by atoms with van der Waals surface area (Å²) in [5.74, 6) is 0.271. The SMILES string of the molecule is CC(O)CC(C)(C)CNC(=O)C1CC1c1cc(Cl)cc(Cl)c1. The van der Waals surface area contributed by atoms with Crippen molar-refractivity contribution in [2.24, 2.45) is 11.3 Å². The van der Waals surface area contributed by atoms with Gasteiger partial charge in [0.2, 0.25) is 5.91 Å². The average molecular weight is 344 g/mol. The molecule has 1 aromatic carbocycles. The lowest BCUT2D eigenvalue weighted by Gasteiger charge is -2.26. The minimum absolute atomic E-state index is 0.00289. The van der Waals surface area contributed by atoms with Gasteiger partial charge >= 0.3 is 0 Å². The van der Waals surface area contributed by atoms with Gasteiger partial charge in [0.25, 0.3) is 0 Å². The van der Waals surface area contributed by atoms with Gasteiger partial charge in [-0.2, -0.15) is 0 Å². The fourth-order valence-electron chi connectivity index (χ4n) is 2.97. The number of carbonyl (C=O) groups excluding carboxylic acids is 1. The third kappa shape index (κ3) is 4.87. The number of hydrogen-bond acceptors (Lipinski definition) is 2. The highest BCUT2D eigenvalue weighted by atomic mass is 35.5. The van der Waals surface area contributed by atoms with Crippen LogP contribution in [0.1, 0.15) is 45.1 Å². The van der Waals surface area contributed by atoms with Gasteiger partial charge in [-0.25, -0.2) is 0 Å². The Morgan fingerprint density at radius 2 is 1.95 bits per heavy atom. The first-order chi connectivity index (χ1) is 10.2. The summed E-state index contributed by atoms with van der Waals surface area (Å²) < 4.78 is 0. The van der Waals surface area contributed by atoms with Gasteiger partial charge in [0.15, 0.2) is 0 Å². The van der Waals surface area contributed by atoms with E-state index in [-0.39, 0.29) is 29.3 Å². The normalized spacial score (nSPS) is 22.3. The van der Waals surface area contributed by atoms with E-state index in [2.05, 4.69) is 5.32 Å². The van der Waals surface area contributed by atoms with Gasteiger partial charge in [0, 0.05) is 22.5 Å². The molecule has 1 aliphatic carbocycles. The minimum Gasteiger partial charge on any atom is -0.393 e. The number of amides is 1. The van der Waals surface area contributed by atoms with Crippen LogP contribution in [0.15, 0.2) is 18.2 Å². The van der Waals surface area contributed by atoms with Gasteiger partial charge in [-0.3, -0.25) is 4.79 Å². The van der Waals surface area contributed by atoms with Crippen molar-refractivity contribution in [3.8, 4) is 0 Å². The zero-order valence-electron chi connectivity index (χ0n) is 13.2. The Balaban J connectivity index is 1.88. The van der Waals surface area contributed by atoms with E-state index in [1.54, 1.807) is 13.0 Å². The molecule has 22 heavy (non-hydrogen) atoms. The number of benzene rings is 1. The second-order valence-corrected chi connectivity index (χ2v) is 7.96. The topological polar surface area (TPSA) is 49.3 Å². The molecule has 2 N–H and O–H groups in total. The number of aliphatic hydroxyl groups excluding tert-OH is 1. The van der Waals surface area contributed by atoms with Crippen molar-refractivity contribution in [2.45, 2.75) is 45.6 Å². The van der Waals surface area contributed by atoms with Gasteiger partial charge in [-0.05, 0) is 54.9 Å². The maximum absolute atomic E-state index is 12.3. The number of aliphatic hydroxyl groups is 1. The summed E-state index contributed by atoms with van der Waals surface area (Å²) in [6.45, 7) is 6.42. The molecule has 3 unspecified atom stereocenters. The Labute approximate surface area is 142 Å². The highest BCUT2D eigenvalue weighted by molar-refractivity contribution is 6.34. The summed E-state index contributed by atoms with van der Waals surface area (Å²) in [5, 5.41) is 13.7. The number of hydrogen-bond donors (Lipinski definition) is 2. The van der Waals surface area contributed by atoms with Crippen LogP contribution >= 0.6 is 23.2 Å². The highest BCUT2D eigenvalue weighted by Gasteiger charge is 2.44. The third-order valence-corrected chi connectivity index (χ3v) is 4.47. The summed E-state index contributed by atoms with van der Waals surface area (Å²) >= 11 is 12.0. The van der Waals surface area contributed by atoms with Crippen molar-refractivity contribution in [3.63, 3.8) is 0 Å². The largest absolute Gasteiger partial charge is 0.393 e. The Kier molecular flexibility index (Phi) is 5.41. The molecule has 0 aromatic heterocycles. The van der Waals surface area contributed by atoms with E-state index in [0.717, 1.165) is 12.0 Å². The number of rotatable bonds is 6. The van der Waals surface area contributed by atoms with E-state index in [1.807, 2.05) is 26.0 Å². The molecule has 3 nitrogen and oxygen atoms in total. The molecule has 1 amide bonds. The number of nitrogens with one attached hydrogen (secondary N) is 1. The van der Waals surface area contributed by atoms with E-state index in [4.69, 9.17) is 23.2 Å². The van der Waals surface area contributed by atoms with E-state index in [9.17, 15) is 9.90 Å². The lowest BCUT2D eigenvalue weighted by atomic mass is 9.87. The number of halogens is 2. The zero-order chi connectivity index (χ0) is 16.5. The van der Waals surface area contributed by atoms with Crippen LogP contribution in [0.5, 0.6) is 0 Å². The van der Waals surface area contributed by atoms with Gasteiger partial charge in [-0.15, -0.1) is 0 Å². The third-order valence-electron chi connectivity index (χ3n) is 4.03. The van der Waals surface area contributed by atoms with Crippen LogP contribution in [0, 0.1) is 11.3 Å². The minimum atomic E-state index is -0.367. The molecular formula is C17H23Cl2NO2. The summed E-state index contributed by atoms with van der Waals surface area (Å²) in [4.78, 5) is 12.3. The molecule has 0 bridgehead atoms. The van der Waals surface area contributed by atoms with Crippen LogP contribution < -0.4 is 5.32 Å². The highest BCUT2D eigenvalue weighted by Crippen LogP contribution is 2.48. The van der Waals surface area contributed by atoms with Crippen molar-refractivity contribution >= 4 is 29.1 Å². The van der Waals surface area contributed by atoms with Crippen LogP contribution in [-0.2, 0) is 4.79 Å². The average Bonchev–Trinajstić information content (AvgIpc) is 3.13. The first kappa shape index (κ1) is 17.6. The van der Waals surface area contributed by atoms with Crippen LogP contribution in [-0.4, -0.2) is 23.7 Å². The molecule has 3 atom stereocenters. The number of carbonyl (C=O) groups is 1. The van der Waals surface area contributed by atoms with Crippen LogP contribution in [0.2, 0.25) is 10.0 Å². The molecule has 1 saturated carbocycles. The molecule has 1 aromatic rings. The van der Waals surface area contributed by atoms with Crippen molar-refractivity contribution in [2.75, 3.05) is 6.54 Å². The summed E-state index contributed by atoms with van der Waals surface area (Å²) in [7, 11) is 0. The predicted octanol–water partition coefficient (Wildman–Crippen LogP) is 4.01. The maximum Gasteiger partial charge on any atom is 0.223 e. The maximum atomic E-state index is 12.3. The fourth-order valence-corrected chi connectivity index (χ4v) is 3.51. The van der Waals surface area contributed by atoms with Crippen LogP contribution in [0.25, 0.3) is 0 Å². The smallest absolute Gasteiger partial charge is 0.223 e. The molecule has 0 saturated heterocycles. The second kappa shape index (κ2) is 6.77. The predicted molar refractivity (Wildman–Crippen MR) is 90.4 cm³/mol. The van der Waals surface area contributed by atoms with Crippen molar-refractivity contribution < 1.29 is 9.90 Å². The fraction of sp³-hybridized carbons (Fsp3) is 0.588. The Hall–Kier alpha value is -0.770. The standard InChI is InChI=1S/C17H23Cl2NO2/c1-10(21)8-17(2,3)9-20-16(22)15-7-14(15)11-4-12(18)6-13(19)5-11/h4-6,10,14-15,21H,7-9H2,1-3H3,(H,20,22). The van der Waals surface area contributed by atoms with Gasteiger partial charge < -0.3 is 10.4 Å². The van der Waals surface area contributed by atoms with Gasteiger partial charge in [0.05, 0.1) is 6.10 Å². The molecule has 2 rings (SSSR count). The Morgan fingerprint density at radius 3 is 2.50 bits per heavy atom. The quantitative estimate of drug-likeness (QED) is 0.819. The molecule has 122 valence electrons. The summed E-state index contributed by atoms with van der Waals surface area (Å²) in [6.07, 6.45) is 1.12. The second-order valence-electron chi connectivity index (χ2n) is 7.09. The lowest BCUT2D eigenvalue weighted by Crippen LogP contribution is -2.36. The van der Waals surface area contributed by atoms with E-state index < -0.39 is 0 Å². The van der Waals surface area contributed by atoms with E-state index in [1.165, 1.54) is 0 Å². The zero-order valence-corrected chi connectivity index (χ0v) is 14.7. The molecule has 5 heteroatoms. The van der Waals surface area contributed by atoms with Gasteiger partial charge in [0.1, 0.15) is 0 Å². The lowest BCUT2D eigenvalue weighted by molar-refractivity contribution is -0.123. The van der Waals surface area contributed by atoms with Crippen molar-refractivity contribution in [1.82, 2.24) is 5.32 Å². The Morgan fingerprint density at radius 1 is 1.36 bits per heavy atom. The van der Waals surface area contributed by atoms with Crippen molar-refractivity contribution in [1.29, 1.82) is 0 Å². The first-order valence-electron chi connectivity index (χ1n) is 7.60. The van der Waals surface area contributed by atoms with E-state index in [0.29, 0.717) is 23.0 Å². The molecule has 0 spiro atoms. The Bertz CT molecular complexity index is 537.